The number of aromatic nitrogens is 1. The van der Waals surface area contributed by atoms with E-state index in [1.165, 1.54) is 5.56 Å². The Labute approximate surface area is 185 Å². The number of amides is 1. The smallest absolute Gasteiger partial charge is 0.268 e. The molecule has 4 rings (SSSR count). The monoisotopic (exact) mass is 440 g/mol. The third-order valence-corrected chi connectivity index (χ3v) is 6.59. The van der Waals surface area contributed by atoms with Crippen LogP contribution in [-0.4, -0.2) is 34.5 Å². The first-order chi connectivity index (χ1) is 14.5. The molecule has 5 nitrogen and oxygen atoms in total. The summed E-state index contributed by atoms with van der Waals surface area (Å²) in [4.78, 5) is 15.3. The van der Waals surface area contributed by atoms with Crippen LogP contribution < -0.4 is 5.32 Å². The van der Waals surface area contributed by atoms with E-state index in [1.54, 1.807) is 16.7 Å². The van der Waals surface area contributed by atoms with E-state index in [4.69, 9.17) is 23.2 Å². The second-order valence-corrected chi connectivity index (χ2v) is 8.49. The van der Waals surface area contributed by atoms with Crippen molar-refractivity contribution in [2.24, 2.45) is 13.0 Å². The van der Waals surface area contributed by atoms with E-state index in [0.717, 1.165) is 30.4 Å². The predicted octanol–water partition coefficient (Wildman–Crippen LogP) is 4.63. The molecular formula is C23H22Cl2N4O. The van der Waals surface area contributed by atoms with E-state index in [2.05, 4.69) is 28.4 Å². The van der Waals surface area contributed by atoms with Gasteiger partial charge in [-0.3, -0.25) is 9.69 Å². The van der Waals surface area contributed by atoms with Gasteiger partial charge in [-0.25, -0.2) is 0 Å². The molecular weight excluding hydrogens is 419 g/mol. The van der Waals surface area contributed by atoms with Crippen LogP contribution >= 0.6 is 23.2 Å². The summed E-state index contributed by atoms with van der Waals surface area (Å²) in [7, 11) is 1.83. The molecule has 2 aromatic carbocycles. The number of carbonyl (C=O) groups is 1. The molecule has 3 aromatic rings. The molecule has 2 unspecified atom stereocenters. The molecule has 30 heavy (non-hydrogen) atoms. The standard InChI is InChI=1S/C23H22Cl2N4O/c1-28-20-8-7-18(24)22(25)17(20)11-21(28)23(30)27-19-9-10-29(14-16(19)12-26)13-15-5-3-2-4-6-15/h2-8,11,16,19H,9-10,13-14H2,1H3,(H,27,30). The maximum atomic E-state index is 13.0. The summed E-state index contributed by atoms with van der Waals surface area (Å²) in [5.41, 5.74) is 2.56. The molecule has 1 aromatic heterocycles. The summed E-state index contributed by atoms with van der Waals surface area (Å²) in [6.07, 6.45) is 0.729. The summed E-state index contributed by atoms with van der Waals surface area (Å²) in [6, 6.07) is 17.7. The summed E-state index contributed by atoms with van der Waals surface area (Å²) >= 11 is 12.4. The largest absolute Gasteiger partial charge is 0.347 e. The normalized spacial score (nSPS) is 19.5. The molecule has 1 aliphatic rings. The third kappa shape index (κ3) is 4.04. The van der Waals surface area contributed by atoms with Crippen LogP contribution in [0.2, 0.25) is 10.0 Å². The van der Waals surface area contributed by atoms with Crippen LogP contribution in [0.1, 0.15) is 22.5 Å². The van der Waals surface area contributed by atoms with Gasteiger partial charge in [0.2, 0.25) is 0 Å². The highest BCUT2D eigenvalue weighted by Gasteiger charge is 2.31. The molecule has 2 heterocycles. The molecule has 1 amide bonds. The van der Waals surface area contributed by atoms with E-state index >= 15 is 0 Å². The van der Waals surface area contributed by atoms with Crippen LogP contribution in [0.4, 0.5) is 0 Å². The summed E-state index contributed by atoms with van der Waals surface area (Å²) in [5.74, 6) is -0.471. The quantitative estimate of drug-likeness (QED) is 0.642. The first kappa shape index (κ1) is 20.7. The number of likely N-dealkylation sites (tertiary alicyclic amines) is 1. The van der Waals surface area contributed by atoms with E-state index < -0.39 is 0 Å². The molecule has 0 bridgehead atoms. The maximum absolute atomic E-state index is 13.0. The lowest BCUT2D eigenvalue weighted by atomic mass is 9.92. The van der Waals surface area contributed by atoms with Crippen molar-refractivity contribution in [1.82, 2.24) is 14.8 Å². The van der Waals surface area contributed by atoms with Gasteiger partial charge in [0.1, 0.15) is 5.69 Å². The Hall–Kier alpha value is -2.52. The number of aryl methyl sites for hydroxylation is 1. The number of nitriles is 1. The average Bonchev–Trinajstić information content (AvgIpc) is 3.10. The molecule has 0 saturated carbocycles. The fourth-order valence-corrected chi connectivity index (χ4v) is 4.50. The molecule has 7 heteroatoms. The van der Waals surface area contributed by atoms with Gasteiger partial charge >= 0.3 is 0 Å². The van der Waals surface area contributed by atoms with Gasteiger partial charge in [-0.1, -0.05) is 53.5 Å². The second-order valence-electron chi connectivity index (χ2n) is 7.71. The Balaban J connectivity index is 1.47. The van der Waals surface area contributed by atoms with Gasteiger partial charge in [-0.2, -0.15) is 5.26 Å². The SMILES string of the molecule is Cn1c(C(=O)NC2CCN(Cc3ccccc3)CC2C#N)cc2c(Cl)c(Cl)ccc21. The highest BCUT2D eigenvalue weighted by Crippen LogP contribution is 2.32. The predicted molar refractivity (Wildman–Crippen MR) is 120 cm³/mol. The zero-order valence-electron chi connectivity index (χ0n) is 16.6. The Kier molecular flexibility index (Phi) is 6.01. The van der Waals surface area contributed by atoms with Gasteiger partial charge in [0.25, 0.3) is 5.91 Å². The summed E-state index contributed by atoms with van der Waals surface area (Å²) in [5, 5.41) is 14.4. The zero-order valence-corrected chi connectivity index (χ0v) is 18.1. The minimum Gasteiger partial charge on any atom is -0.347 e. The van der Waals surface area contributed by atoms with E-state index in [0.29, 0.717) is 22.3 Å². The minimum atomic E-state index is -0.265. The topological polar surface area (TPSA) is 61.1 Å². The van der Waals surface area contributed by atoms with E-state index in [9.17, 15) is 10.1 Å². The number of rotatable bonds is 4. The molecule has 0 spiro atoms. The van der Waals surface area contributed by atoms with Crippen molar-refractivity contribution in [3.8, 4) is 6.07 Å². The van der Waals surface area contributed by atoms with Crippen molar-refractivity contribution in [2.75, 3.05) is 13.1 Å². The molecule has 154 valence electrons. The fraction of sp³-hybridized carbons (Fsp3) is 0.304. The fourth-order valence-electron chi connectivity index (χ4n) is 4.12. The van der Waals surface area contributed by atoms with Crippen molar-refractivity contribution in [3.05, 3.63) is 69.8 Å². The van der Waals surface area contributed by atoms with Gasteiger partial charge in [0.05, 0.1) is 22.0 Å². The van der Waals surface area contributed by atoms with Crippen molar-refractivity contribution < 1.29 is 4.79 Å². The highest BCUT2D eigenvalue weighted by molar-refractivity contribution is 6.45. The minimum absolute atomic E-state index is 0.188. The van der Waals surface area contributed by atoms with Gasteiger partial charge in [-0.05, 0) is 30.2 Å². The number of benzene rings is 2. The lowest BCUT2D eigenvalue weighted by Crippen LogP contribution is -2.50. The van der Waals surface area contributed by atoms with Crippen LogP contribution in [0.5, 0.6) is 0 Å². The number of carbonyl (C=O) groups excluding carboxylic acids is 1. The molecule has 1 N–H and O–H groups in total. The molecule has 1 aliphatic heterocycles. The Morgan fingerprint density at radius 1 is 1.23 bits per heavy atom. The van der Waals surface area contributed by atoms with Crippen molar-refractivity contribution in [3.63, 3.8) is 0 Å². The van der Waals surface area contributed by atoms with Crippen LogP contribution in [0.25, 0.3) is 10.9 Å². The number of nitrogens with zero attached hydrogens (tertiary/aromatic N) is 3. The van der Waals surface area contributed by atoms with E-state index in [-0.39, 0.29) is 17.9 Å². The number of hydrogen-bond acceptors (Lipinski definition) is 3. The maximum Gasteiger partial charge on any atom is 0.268 e. The van der Waals surface area contributed by atoms with Crippen LogP contribution in [0, 0.1) is 17.2 Å². The van der Waals surface area contributed by atoms with Crippen molar-refractivity contribution >= 4 is 40.0 Å². The molecule has 0 aliphatic carbocycles. The van der Waals surface area contributed by atoms with Crippen molar-refractivity contribution in [2.45, 2.75) is 19.0 Å². The number of piperidine rings is 1. The number of fused-ring (bicyclic) bond motifs is 1. The molecule has 0 radical (unpaired) electrons. The Bertz CT molecular complexity index is 1120. The summed E-state index contributed by atoms with van der Waals surface area (Å²) in [6.45, 7) is 2.27. The van der Waals surface area contributed by atoms with Crippen LogP contribution in [0.3, 0.4) is 0 Å². The summed E-state index contributed by atoms with van der Waals surface area (Å²) < 4.78 is 1.80. The number of hydrogen-bond donors (Lipinski definition) is 1. The van der Waals surface area contributed by atoms with Gasteiger partial charge in [0.15, 0.2) is 0 Å². The number of halogens is 2. The average molecular weight is 441 g/mol. The van der Waals surface area contributed by atoms with Gasteiger partial charge < -0.3 is 9.88 Å². The number of nitrogens with one attached hydrogen (secondary N) is 1. The zero-order chi connectivity index (χ0) is 21.3. The first-order valence-electron chi connectivity index (χ1n) is 9.88. The first-order valence-corrected chi connectivity index (χ1v) is 10.6. The molecule has 1 saturated heterocycles. The van der Waals surface area contributed by atoms with Crippen molar-refractivity contribution in [1.29, 1.82) is 5.26 Å². The van der Waals surface area contributed by atoms with Crippen LogP contribution in [-0.2, 0) is 13.6 Å². The van der Waals surface area contributed by atoms with Gasteiger partial charge in [-0.15, -0.1) is 0 Å². The lowest BCUT2D eigenvalue weighted by Gasteiger charge is -2.35. The molecule has 2 atom stereocenters. The Morgan fingerprint density at radius 3 is 2.73 bits per heavy atom. The third-order valence-electron chi connectivity index (χ3n) is 5.77. The lowest BCUT2D eigenvalue weighted by molar-refractivity contribution is 0.0874. The Morgan fingerprint density at radius 2 is 2.00 bits per heavy atom. The van der Waals surface area contributed by atoms with E-state index in [1.807, 2.05) is 31.3 Å². The van der Waals surface area contributed by atoms with Gasteiger partial charge in [0, 0.05) is 43.6 Å². The second kappa shape index (κ2) is 8.69. The highest BCUT2D eigenvalue weighted by atomic mass is 35.5. The van der Waals surface area contributed by atoms with Crippen LogP contribution in [0.15, 0.2) is 48.5 Å². The molecule has 1 fully saturated rings.